The van der Waals surface area contributed by atoms with Gasteiger partial charge >= 0.3 is 12.1 Å². The van der Waals surface area contributed by atoms with E-state index in [-0.39, 0.29) is 22.5 Å². The van der Waals surface area contributed by atoms with Crippen LogP contribution in [-0.2, 0) is 30.9 Å². The number of nitrogens with one attached hydrogen (secondary N) is 2. The van der Waals surface area contributed by atoms with E-state index in [1.807, 2.05) is 91.0 Å². The number of carbonyl (C=O) groups is 3. The molecular formula is C34H27ClF2N6O5S2. The highest BCUT2D eigenvalue weighted by molar-refractivity contribution is 8.00. The largest absolute Gasteiger partial charge is 0.483 e. The van der Waals surface area contributed by atoms with Crippen molar-refractivity contribution in [3.63, 3.8) is 0 Å². The third kappa shape index (κ3) is 6.84. The molecule has 0 radical (unpaired) electrons. The molecule has 2 atom stereocenters. The molecule has 6 rings (SSSR count). The number of rotatable bonds is 13. The van der Waals surface area contributed by atoms with Gasteiger partial charge in [0, 0.05) is 23.2 Å². The Labute approximate surface area is 297 Å². The summed E-state index contributed by atoms with van der Waals surface area (Å²) < 4.78 is 34.1. The van der Waals surface area contributed by atoms with Gasteiger partial charge in [-0.25, -0.2) is 4.79 Å². The predicted octanol–water partition coefficient (Wildman–Crippen LogP) is 5.53. The first-order valence-corrected chi connectivity index (χ1v) is 17.3. The Morgan fingerprint density at radius 2 is 1.60 bits per heavy atom. The molecule has 0 spiro atoms. The van der Waals surface area contributed by atoms with Crippen molar-refractivity contribution in [2.45, 2.75) is 23.1 Å². The van der Waals surface area contributed by atoms with Gasteiger partial charge in [0.1, 0.15) is 28.9 Å². The second-order valence-electron chi connectivity index (χ2n) is 10.9. The third-order valence-electron chi connectivity index (χ3n) is 7.84. The normalized spacial score (nSPS) is 17.8. The van der Waals surface area contributed by atoms with Crippen LogP contribution >= 0.6 is 34.9 Å². The van der Waals surface area contributed by atoms with Gasteiger partial charge in [0.05, 0.1) is 0 Å². The first-order chi connectivity index (χ1) is 24.2. The molecule has 50 heavy (non-hydrogen) atoms. The monoisotopic (exact) mass is 736 g/mol. The smallest absolute Gasteiger partial charge is 0.477 e. The van der Waals surface area contributed by atoms with Gasteiger partial charge in [-0.3, -0.25) is 14.5 Å². The molecule has 2 aliphatic heterocycles. The molecule has 2 amide bonds. The van der Waals surface area contributed by atoms with E-state index in [9.17, 15) is 19.5 Å². The summed E-state index contributed by atoms with van der Waals surface area (Å²) in [5.74, 6) is -3.56. The van der Waals surface area contributed by atoms with Gasteiger partial charge < -0.3 is 20.6 Å². The molecule has 11 nitrogen and oxygen atoms in total. The molecule has 3 N–H and O–H groups in total. The van der Waals surface area contributed by atoms with Crippen molar-refractivity contribution in [1.82, 2.24) is 19.6 Å². The summed E-state index contributed by atoms with van der Waals surface area (Å²) >= 11 is 7.59. The number of amides is 2. The summed E-state index contributed by atoms with van der Waals surface area (Å²) in [6.07, 6.45) is -0.580. The van der Waals surface area contributed by atoms with Crippen molar-refractivity contribution in [2.24, 2.45) is 5.16 Å². The number of fused-ring (bicyclic) bond motifs is 1. The number of carboxylic acid groups (broad SMARTS) is 1. The van der Waals surface area contributed by atoms with Crippen LogP contribution in [0.5, 0.6) is 0 Å². The van der Waals surface area contributed by atoms with Crippen molar-refractivity contribution in [2.75, 3.05) is 16.9 Å². The molecule has 1 saturated heterocycles. The quantitative estimate of drug-likeness (QED) is 0.0531. The number of carboxylic acids is 1. The van der Waals surface area contributed by atoms with Crippen LogP contribution in [0.15, 0.2) is 120 Å². The summed E-state index contributed by atoms with van der Waals surface area (Å²) in [4.78, 5) is 46.7. The van der Waals surface area contributed by atoms with Gasteiger partial charge in [0.2, 0.25) is 5.13 Å². The van der Waals surface area contributed by atoms with Crippen molar-refractivity contribution in [3.05, 3.63) is 137 Å². The summed E-state index contributed by atoms with van der Waals surface area (Å²) in [6, 6.07) is 27.4. The van der Waals surface area contributed by atoms with Crippen LogP contribution in [0, 0.1) is 0 Å². The van der Waals surface area contributed by atoms with E-state index < -0.39 is 46.7 Å². The maximum Gasteiger partial charge on any atom is 0.483 e. The number of oxime groups is 1. The van der Waals surface area contributed by atoms with E-state index >= 15 is 8.78 Å². The van der Waals surface area contributed by atoms with Crippen LogP contribution < -0.4 is 10.6 Å². The fourth-order valence-corrected chi connectivity index (χ4v) is 7.72. The average molecular weight is 737 g/mol. The maximum atomic E-state index is 15.1. The number of hydrogen-bond donors (Lipinski definition) is 3. The van der Waals surface area contributed by atoms with E-state index in [4.69, 9.17) is 11.6 Å². The number of benzene rings is 3. The van der Waals surface area contributed by atoms with Gasteiger partial charge in [-0.05, 0) is 22.3 Å². The molecule has 4 aromatic rings. The van der Waals surface area contributed by atoms with Crippen LogP contribution in [0.25, 0.3) is 0 Å². The van der Waals surface area contributed by atoms with Crippen LogP contribution in [0.4, 0.5) is 13.9 Å². The third-order valence-corrected chi connectivity index (χ3v) is 9.96. The van der Waals surface area contributed by atoms with Crippen LogP contribution in [0.2, 0.25) is 0 Å². The summed E-state index contributed by atoms with van der Waals surface area (Å²) in [5, 5.41) is 17.9. The minimum absolute atomic E-state index is 0.0654. The average Bonchev–Trinajstić information content (AvgIpc) is 3.62. The van der Waals surface area contributed by atoms with E-state index in [0.717, 1.165) is 21.6 Å². The molecule has 16 heteroatoms. The molecule has 256 valence electrons. The molecule has 0 aliphatic carbocycles. The topological polar surface area (TPSA) is 146 Å². The molecule has 2 aliphatic rings. The number of thioether (sulfide) groups is 1. The van der Waals surface area contributed by atoms with E-state index in [2.05, 4.69) is 30.0 Å². The Morgan fingerprint density at radius 1 is 1.02 bits per heavy atom. The highest BCUT2D eigenvalue weighted by atomic mass is 35.5. The highest BCUT2D eigenvalue weighted by Gasteiger charge is 2.54. The van der Waals surface area contributed by atoms with E-state index in [0.29, 0.717) is 23.3 Å². The molecule has 0 bridgehead atoms. The number of carbonyl (C=O) groups excluding carboxylic acids is 2. The van der Waals surface area contributed by atoms with Crippen molar-refractivity contribution in [1.29, 1.82) is 0 Å². The lowest BCUT2D eigenvalue weighted by atomic mass is 9.77. The Hall–Kier alpha value is -5.12. The van der Waals surface area contributed by atoms with Crippen LogP contribution in [0.1, 0.15) is 22.5 Å². The lowest BCUT2D eigenvalue weighted by molar-refractivity contribution is -0.253. The van der Waals surface area contributed by atoms with Crippen LogP contribution in [0.3, 0.4) is 0 Å². The number of allylic oxidation sites excluding steroid dienone is 2. The van der Waals surface area contributed by atoms with Crippen molar-refractivity contribution >= 4 is 64.0 Å². The fourth-order valence-electron chi connectivity index (χ4n) is 5.66. The SMILES string of the molecule is O=C(C=NOC(F)(F)c1nsc(NC(c2ccccc2)(c2ccccc2)c2ccccc2)n1)N[C@@H]1C(=O)N2C(C(=O)O)=C(C=CCCl)CS[C@@H]12. The molecule has 3 aromatic carbocycles. The Kier molecular flexibility index (Phi) is 10.3. The number of aromatic nitrogens is 2. The van der Waals surface area contributed by atoms with Crippen molar-refractivity contribution in [3.8, 4) is 0 Å². The Bertz CT molecular complexity index is 1870. The van der Waals surface area contributed by atoms with Gasteiger partial charge in [-0.15, -0.1) is 23.4 Å². The zero-order chi connectivity index (χ0) is 35.3. The first kappa shape index (κ1) is 34.7. The number of anilines is 1. The summed E-state index contributed by atoms with van der Waals surface area (Å²) in [7, 11) is 0. The predicted molar refractivity (Wildman–Crippen MR) is 186 cm³/mol. The van der Waals surface area contributed by atoms with E-state index in [1.54, 1.807) is 6.08 Å². The number of halogens is 3. The van der Waals surface area contributed by atoms with Crippen molar-refractivity contribution < 1.29 is 33.1 Å². The minimum atomic E-state index is -4.13. The number of hydrogen-bond acceptors (Lipinski definition) is 10. The second kappa shape index (κ2) is 14.8. The molecule has 0 saturated carbocycles. The van der Waals surface area contributed by atoms with Crippen LogP contribution in [-0.4, -0.2) is 66.4 Å². The molecule has 1 fully saturated rings. The van der Waals surface area contributed by atoms with Gasteiger partial charge in [0.15, 0.2) is 0 Å². The molecule has 1 aromatic heterocycles. The Balaban J connectivity index is 1.16. The van der Waals surface area contributed by atoms with E-state index in [1.165, 1.54) is 17.8 Å². The number of nitrogens with zero attached hydrogens (tertiary/aromatic N) is 4. The number of alkyl halides is 3. The number of aliphatic carboxylic acids is 1. The summed E-state index contributed by atoms with van der Waals surface area (Å²) in [5.41, 5.74) is 1.63. The lowest BCUT2D eigenvalue weighted by Crippen LogP contribution is -2.70. The zero-order valence-corrected chi connectivity index (χ0v) is 28.2. The first-order valence-electron chi connectivity index (χ1n) is 15.0. The minimum Gasteiger partial charge on any atom is -0.477 e. The maximum absolute atomic E-state index is 15.1. The molecular weight excluding hydrogens is 710 g/mol. The van der Waals surface area contributed by atoms with Gasteiger partial charge in [-0.1, -0.05) is 108 Å². The molecule has 0 unspecified atom stereocenters. The summed E-state index contributed by atoms with van der Waals surface area (Å²) in [6.45, 7) is 0. The van der Waals surface area contributed by atoms with Gasteiger partial charge in [0.25, 0.3) is 17.6 Å². The number of β-lactam (4-membered cyclic amide) rings is 1. The highest BCUT2D eigenvalue weighted by Crippen LogP contribution is 2.42. The second-order valence-corrected chi connectivity index (χ2v) is 13.0. The lowest BCUT2D eigenvalue weighted by Gasteiger charge is -2.49. The fraction of sp³-hybridized carbons (Fsp3) is 0.176. The standard InChI is InChI=1S/C34H27ClF2N6O5S2/c35-18-10-11-21-20-49-29-26(28(45)43(29)27(21)30(46)47)39-25(44)19-38-48-34(36,37)31-40-32(50-42-31)41-33(22-12-4-1-5-13-22,23-14-6-2-7-15-23)24-16-8-3-9-17-24/h1-17,19,26,29H,18,20H2,(H,39,44)(H,46,47)(H,40,41,42)/t26-,29+/m1/s1. The Morgan fingerprint density at radius 3 is 2.14 bits per heavy atom. The molecule has 3 heterocycles. The zero-order valence-electron chi connectivity index (χ0n) is 25.8. The van der Waals surface area contributed by atoms with Gasteiger partial charge in [-0.2, -0.15) is 18.1 Å².